The predicted molar refractivity (Wildman–Crippen MR) is 50.2 cm³/mol. The Kier molecular flexibility index (Phi) is 2.38. The van der Waals surface area contributed by atoms with E-state index in [-0.39, 0.29) is 5.97 Å². The molecule has 0 aliphatic heterocycles. The van der Waals surface area contributed by atoms with Gasteiger partial charge < -0.3 is 4.74 Å². The number of hydrogen-bond donors (Lipinski definition) is 0. The quantitative estimate of drug-likeness (QED) is 0.492. The van der Waals surface area contributed by atoms with Crippen LogP contribution in [0.4, 0.5) is 0 Å². The number of esters is 1. The van der Waals surface area contributed by atoms with Crippen LogP contribution in [0, 0.1) is 11.8 Å². The average molecular weight is 180 g/mol. The smallest absolute Gasteiger partial charge is 0.309 e. The van der Waals surface area contributed by atoms with Gasteiger partial charge in [0.1, 0.15) is 0 Å². The molecule has 2 aliphatic rings. The molecule has 2 nitrogen and oxygen atoms in total. The maximum Gasteiger partial charge on any atom is 0.309 e. The molecule has 0 aromatic rings. The van der Waals surface area contributed by atoms with E-state index in [1.807, 2.05) is 6.92 Å². The van der Waals surface area contributed by atoms with Gasteiger partial charge in [0.15, 0.2) is 0 Å². The monoisotopic (exact) mass is 180 g/mol. The summed E-state index contributed by atoms with van der Waals surface area (Å²) in [7, 11) is 0. The molecule has 0 spiro atoms. The molecule has 2 aliphatic carbocycles. The fourth-order valence-electron chi connectivity index (χ4n) is 2.30. The van der Waals surface area contributed by atoms with Gasteiger partial charge in [-0.3, -0.25) is 4.79 Å². The molecule has 0 aromatic carbocycles. The van der Waals surface area contributed by atoms with E-state index in [0.717, 1.165) is 18.3 Å². The van der Waals surface area contributed by atoms with Gasteiger partial charge in [0.2, 0.25) is 0 Å². The van der Waals surface area contributed by atoms with Gasteiger partial charge in [-0.15, -0.1) is 0 Å². The zero-order valence-corrected chi connectivity index (χ0v) is 8.08. The van der Waals surface area contributed by atoms with Crippen molar-refractivity contribution in [2.24, 2.45) is 11.8 Å². The maximum absolute atomic E-state index is 11.2. The summed E-state index contributed by atoms with van der Waals surface area (Å²) in [4.78, 5) is 11.2. The molecule has 1 fully saturated rings. The Bertz CT molecular complexity index is 242. The number of rotatable bonds is 3. The van der Waals surface area contributed by atoms with E-state index in [1.165, 1.54) is 18.4 Å². The van der Waals surface area contributed by atoms with Crippen molar-refractivity contribution in [1.29, 1.82) is 0 Å². The third-order valence-electron chi connectivity index (χ3n) is 3.13. The summed E-state index contributed by atoms with van der Waals surface area (Å²) >= 11 is 0. The van der Waals surface area contributed by atoms with E-state index in [4.69, 9.17) is 4.74 Å². The van der Waals surface area contributed by atoms with E-state index in [9.17, 15) is 4.79 Å². The molecule has 0 bridgehead atoms. The summed E-state index contributed by atoms with van der Waals surface area (Å²) in [5.74, 6) is 1.60. The Morgan fingerprint density at radius 1 is 1.62 bits per heavy atom. The number of ether oxygens (including phenoxy) is 1. The lowest BCUT2D eigenvalue weighted by Crippen LogP contribution is -2.19. The average Bonchev–Trinajstić information content (AvgIpc) is 2.31. The SMILES string of the molecule is CCOC(=O)CC1=C[C@H]2CC[C@H]2C1. The summed E-state index contributed by atoms with van der Waals surface area (Å²) in [5.41, 5.74) is 1.31. The first-order valence-corrected chi connectivity index (χ1v) is 5.14. The predicted octanol–water partition coefficient (Wildman–Crippen LogP) is 2.30. The van der Waals surface area contributed by atoms with Crippen LogP contribution >= 0.6 is 0 Å². The van der Waals surface area contributed by atoms with E-state index in [2.05, 4.69) is 6.08 Å². The Morgan fingerprint density at radius 3 is 2.92 bits per heavy atom. The normalized spacial score (nSPS) is 30.4. The van der Waals surface area contributed by atoms with Crippen molar-refractivity contribution in [1.82, 2.24) is 0 Å². The third-order valence-corrected chi connectivity index (χ3v) is 3.13. The van der Waals surface area contributed by atoms with Gasteiger partial charge >= 0.3 is 5.97 Å². The molecule has 0 amide bonds. The molecule has 0 N–H and O–H groups in total. The van der Waals surface area contributed by atoms with Gasteiger partial charge in [-0.2, -0.15) is 0 Å². The zero-order chi connectivity index (χ0) is 9.26. The highest BCUT2D eigenvalue weighted by atomic mass is 16.5. The number of fused-ring (bicyclic) bond motifs is 1. The molecule has 0 saturated heterocycles. The lowest BCUT2D eigenvalue weighted by atomic mass is 9.76. The Labute approximate surface area is 79.0 Å². The molecule has 72 valence electrons. The summed E-state index contributed by atoms with van der Waals surface area (Å²) in [5, 5.41) is 0. The highest BCUT2D eigenvalue weighted by molar-refractivity contribution is 5.72. The minimum absolute atomic E-state index is 0.0601. The van der Waals surface area contributed by atoms with Crippen LogP contribution in [0.2, 0.25) is 0 Å². The fourth-order valence-corrected chi connectivity index (χ4v) is 2.30. The molecule has 13 heavy (non-hydrogen) atoms. The van der Waals surface area contributed by atoms with Crippen molar-refractivity contribution < 1.29 is 9.53 Å². The van der Waals surface area contributed by atoms with Crippen LogP contribution in [0.5, 0.6) is 0 Å². The number of hydrogen-bond acceptors (Lipinski definition) is 2. The second-order valence-corrected chi connectivity index (χ2v) is 4.01. The molecular weight excluding hydrogens is 164 g/mol. The van der Waals surface area contributed by atoms with Crippen LogP contribution < -0.4 is 0 Å². The summed E-state index contributed by atoms with van der Waals surface area (Å²) < 4.78 is 4.91. The first-order chi connectivity index (χ1) is 6.29. The van der Waals surface area contributed by atoms with E-state index < -0.39 is 0 Å². The first kappa shape index (κ1) is 8.79. The Hall–Kier alpha value is -0.790. The molecule has 2 rings (SSSR count). The summed E-state index contributed by atoms with van der Waals surface area (Å²) in [6.45, 7) is 2.35. The highest BCUT2D eigenvalue weighted by Gasteiger charge is 2.35. The fraction of sp³-hybridized carbons (Fsp3) is 0.727. The molecule has 0 radical (unpaired) electrons. The van der Waals surface area contributed by atoms with Crippen molar-refractivity contribution in [3.8, 4) is 0 Å². The topological polar surface area (TPSA) is 26.3 Å². The third kappa shape index (κ3) is 1.77. The van der Waals surface area contributed by atoms with Gasteiger partial charge in [-0.05, 0) is 38.0 Å². The van der Waals surface area contributed by atoms with Crippen molar-refractivity contribution in [2.75, 3.05) is 6.61 Å². The highest BCUT2D eigenvalue weighted by Crippen LogP contribution is 2.46. The summed E-state index contributed by atoms with van der Waals surface area (Å²) in [6.07, 6.45) is 6.65. The van der Waals surface area contributed by atoms with Crippen molar-refractivity contribution in [2.45, 2.75) is 32.6 Å². The minimum Gasteiger partial charge on any atom is -0.466 e. The molecule has 2 atom stereocenters. The first-order valence-electron chi connectivity index (χ1n) is 5.14. The van der Waals surface area contributed by atoms with Crippen LogP contribution in [-0.4, -0.2) is 12.6 Å². The van der Waals surface area contributed by atoms with Gasteiger partial charge in [-0.25, -0.2) is 0 Å². The Balaban J connectivity index is 1.82. The molecule has 1 saturated carbocycles. The van der Waals surface area contributed by atoms with Crippen LogP contribution in [0.3, 0.4) is 0 Å². The van der Waals surface area contributed by atoms with Crippen LogP contribution in [0.15, 0.2) is 11.6 Å². The van der Waals surface area contributed by atoms with E-state index >= 15 is 0 Å². The number of allylic oxidation sites excluding steroid dienone is 1. The second-order valence-electron chi connectivity index (χ2n) is 4.01. The van der Waals surface area contributed by atoms with Crippen molar-refractivity contribution in [3.05, 3.63) is 11.6 Å². The van der Waals surface area contributed by atoms with Gasteiger partial charge in [-0.1, -0.05) is 11.6 Å². The van der Waals surface area contributed by atoms with E-state index in [1.54, 1.807) is 0 Å². The van der Waals surface area contributed by atoms with Crippen molar-refractivity contribution >= 4 is 5.97 Å². The molecule has 0 heterocycles. The number of carbonyl (C=O) groups is 1. The Morgan fingerprint density at radius 2 is 2.46 bits per heavy atom. The van der Waals surface area contributed by atoms with Gasteiger partial charge in [0.25, 0.3) is 0 Å². The molecule has 0 unspecified atom stereocenters. The standard InChI is InChI=1S/C11H16O2/c1-2-13-11(12)7-8-5-9-3-4-10(9)6-8/h5,9-10H,2-4,6-7H2,1H3/t9-,10+/m1/s1. The molecule has 2 heteroatoms. The maximum atomic E-state index is 11.2. The van der Waals surface area contributed by atoms with Crippen LogP contribution in [-0.2, 0) is 9.53 Å². The molecular formula is C11H16O2. The lowest BCUT2D eigenvalue weighted by Gasteiger charge is -2.29. The van der Waals surface area contributed by atoms with E-state index in [0.29, 0.717) is 13.0 Å². The largest absolute Gasteiger partial charge is 0.466 e. The molecule has 0 aromatic heterocycles. The lowest BCUT2D eigenvalue weighted by molar-refractivity contribution is -0.142. The van der Waals surface area contributed by atoms with Crippen molar-refractivity contribution in [3.63, 3.8) is 0 Å². The zero-order valence-electron chi connectivity index (χ0n) is 8.08. The summed E-state index contributed by atoms with van der Waals surface area (Å²) in [6, 6.07) is 0. The van der Waals surface area contributed by atoms with Gasteiger partial charge in [0, 0.05) is 0 Å². The van der Waals surface area contributed by atoms with Crippen LogP contribution in [0.25, 0.3) is 0 Å². The number of carbonyl (C=O) groups excluding carboxylic acids is 1. The van der Waals surface area contributed by atoms with Crippen LogP contribution in [0.1, 0.15) is 32.6 Å². The minimum atomic E-state index is -0.0601. The second kappa shape index (κ2) is 3.52. The van der Waals surface area contributed by atoms with Gasteiger partial charge in [0.05, 0.1) is 13.0 Å².